The number of nitrogens with two attached hydrogens (primary N) is 1. The first-order chi connectivity index (χ1) is 9.36. The fourth-order valence-electron chi connectivity index (χ4n) is 1.66. The predicted octanol–water partition coefficient (Wildman–Crippen LogP) is 0.544. The topological polar surface area (TPSA) is 127 Å². The van der Waals surface area contributed by atoms with Gasteiger partial charge in [-0.15, -0.1) is 0 Å². The lowest BCUT2D eigenvalue weighted by molar-refractivity contribution is -0.143. The molecule has 1 aromatic carbocycles. The van der Waals surface area contributed by atoms with Crippen LogP contribution in [0.25, 0.3) is 0 Å². The molecule has 0 spiro atoms. The lowest BCUT2D eigenvalue weighted by Gasteiger charge is -2.21. The Morgan fingerprint density at radius 3 is 2.19 bits per heavy atom. The molecule has 1 amide bonds. The van der Waals surface area contributed by atoms with Crippen molar-refractivity contribution in [3.05, 3.63) is 28.8 Å². The third-order valence-electron chi connectivity index (χ3n) is 3.15. The number of carboxylic acids is 1. The van der Waals surface area contributed by atoms with Gasteiger partial charge in [-0.25, -0.2) is 18.4 Å². The van der Waals surface area contributed by atoms with Gasteiger partial charge in [-0.05, 0) is 51.0 Å². The zero-order chi connectivity index (χ0) is 16.6. The molecule has 116 valence electrons. The monoisotopic (exact) mass is 314 g/mol. The third kappa shape index (κ3) is 3.79. The van der Waals surface area contributed by atoms with Crippen molar-refractivity contribution in [3.8, 4) is 0 Å². The molecule has 1 aromatic rings. The van der Waals surface area contributed by atoms with Crippen LogP contribution in [0.4, 0.5) is 0 Å². The maximum atomic E-state index is 12.1. The lowest BCUT2D eigenvalue weighted by Crippen LogP contribution is -2.49. The van der Waals surface area contributed by atoms with E-state index in [1.165, 1.54) is 19.9 Å². The van der Waals surface area contributed by atoms with Crippen molar-refractivity contribution < 1.29 is 23.1 Å². The van der Waals surface area contributed by atoms with Gasteiger partial charge in [0.05, 0.1) is 4.90 Å². The predicted molar refractivity (Wildman–Crippen MR) is 76.5 cm³/mol. The van der Waals surface area contributed by atoms with Crippen LogP contribution in [0.1, 0.15) is 35.3 Å². The quantitative estimate of drug-likeness (QED) is 0.747. The number of hydrogen-bond donors (Lipinski definition) is 3. The number of rotatable bonds is 4. The average molecular weight is 314 g/mol. The second-order valence-electron chi connectivity index (χ2n) is 5.35. The molecule has 0 saturated heterocycles. The zero-order valence-corrected chi connectivity index (χ0v) is 13.0. The molecule has 0 aliphatic rings. The second-order valence-corrected chi connectivity index (χ2v) is 6.88. The highest BCUT2D eigenvalue weighted by molar-refractivity contribution is 7.89. The van der Waals surface area contributed by atoms with E-state index in [0.717, 1.165) is 6.07 Å². The van der Waals surface area contributed by atoms with Gasteiger partial charge >= 0.3 is 5.97 Å². The van der Waals surface area contributed by atoms with Crippen molar-refractivity contribution in [1.82, 2.24) is 5.32 Å². The third-order valence-corrected chi connectivity index (χ3v) is 4.19. The summed E-state index contributed by atoms with van der Waals surface area (Å²) in [5, 5.41) is 16.4. The Kier molecular flexibility index (Phi) is 4.45. The number of aryl methyl sites for hydroxylation is 1. The van der Waals surface area contributed by atoms with E-state index < -0.39 is 27.4 Å². The molecular formula is C13H18N2O5S. The summed E-state index contributed by atoms with van der Waals surface area (Å²) >= 11 is 0. The van der Waals surface area contributed by atoms with E-state index in [1.807, 2.05) is 0 Å². The summed E-state index contributed by atoms with van der Waals surface area (Å²) in [6.45, 7) is 5.88. The Labute approximate surface area is 123 Å². The minimum Gasteiger partial charge on any atom is -0.480 e. The minimum absolute atomic E-state index is 0.0384. The number of carboxylic acid groups (broad SMARTS) is 1. The van der Waals surface area contributed by atoms with Gasteiger partial charge < -0.3 is 10.4 Å². The molecule has 8 heteroatoms. The molecule has 0 heterocycles. The van der Waals surface area contributed by atoms with Gasteiger partial charge in [0.15, 0.2) is 0 Å². The van der Waals surface area contributed by atoms with Crippen LogP contribution < -0.4 is 10.5 Å². The van der Waals surface area contributed by atoms with Crippen LogP contribution in [0.3, 0.4) is 0 Å². The highest BCUT2D eigenvalue weighted by Gasteiger charge is 2.30. The Morgan fingerprint density at radius 1 is 1.24 bits per heavy atom. The summed E-state index contributed by atoms with van der Waals surface area (Å²) < 4.78 is 23.1. The highest BCUT2D eigenvalue weighted by atomic mass is 32.2. The minimum atomic E-state index is -3.97. The molecule has 0 radical (unpaired) electrons. The Hall–Kier alpha value is -1.93. The number of benzene rings is 1. The smallest absolute Gasteiger partial charge is 0.328 e. The van der Waals surface area contributed by atoms with Crippen molar-refractivity contribution in [2.24, 2.45) is 5.14 Å². The van der Waals surface area contributed by atoms with Crippen molar-refractivity contribution >= 4 is 21.9 Å². The fourth-order valence-corrected chi connectivity index (χ4v) is 2.54. The summed E-state index contributed by atoms with van der Waals surface area (Å²) in [5.74, 6) is -1.89. The van der Waals surface area contributed by atoms with E-state index in [0.29, 0.717) is 11.1 Å². The molecule has 4 N–H and O–H groups in total. The number of aliphatic carboxylic acids is 1. The highest BCUT2D eigenvalue weighted by Crippen LogP contribution is 2.20. The number of amides is 1. The molecular weight excluding hydrogens is 296 g/mol. The summed E-state index contributed by atoms with van der Waals surface area (Å²) in [4.78, 5) is 22.9. The molecule has 0 aliphatic heterocycles. The van der Waals surface area contributed by atoms with Crippen molar-refractivity contribution in [2.75, 3.05) is 0 Å². The number of carbonyl (C=O) groups is 2. The largest absolute Gasteiger partial charge is 0.480 e. The van der Waals surface area contributed by atoms with Crippen molar-refractivity contribution in [3.63, 3.8) is 0 Å². The van der Waals surface area contributed by atoms with E-state index in [2.05, 4.69) is 5.32 Å². The average Bonchev–Trinajstić information content (AvgIpc) is 2.29. The van der Waals surface area contributed by atoms with Crippen molar-refractivity contribution in [2.45, 2.75) is 38.1 Å². The number of carbonyl (C=O) groups excluding carboxylic acids is 1. The van der Waals surface area contributed by atoms with Gasteiger partial charge in [0.2, 0.25) is 10.0 Å². The Balaban J connectivity index is 3.31. The number of sulfonamides is 1. The molecule has 0 unspecified atom stereocenters. The van der Waals surface area contributed by atoms with Gasteiger partial charge in [-0.2, -0.15) is 0 Å². The molecule has 21 heavy (non-hydrogen) atoms. The molecule has 0 atom stereocenters. The fraction of sp³-hybridized carbons (Fsp3) is 0.385. The molecule has 0 aliphatic carbocycles. The first-order valence-electron chi connectivity index (χ1n) is 6.06. The van der Waals surface area contributed by atoms with E-state index in [1.54, 1.807) is 13.8 Å². The van der Waals surface area contributed by atoms with Crippen LogP contribution in [0.5, 0.6) is 0 Å². The molecule has 1 rings (SSSR count). The van der Waals surface area contributed by atoms with Crippen molar-refractivity contribution in [1.29, 1.82) is 0 Å². The molecule has 0 bridgehead atoms. The summed E-state index contributed by atoms with van der Waals surface area (Å²) in [7, 11) is -3.97. The van der Waals surface area contributed by atoms with Crippen LogP contribution in [-0.4, -0.2) is 30.9 Å². The van der Waals surface area contributed by atoms with Gasteiger partial charge in [0, 0.05) is 5.56 Å². The van der Waals surface area contributed by atoms with Crippen LogP contribution in [-0.2, 0) is 14.8 Å². The number of primary sulfonamides is 1. The summed E-state index contributed by atoms with van der Waals surface area (Å²) in [5.41, 5.74) is -0.416. The van der Waals surface area contributed by atoms with Crippen LogP contribution >= 0.6 is 0 Å². The van der Waals surface area contributed by atoms with Gasteiger partial charge in [0.1, 0.15) is 5.54 Å². The normalized spacial score (nSPS) is 12.0. The summed E-state index contributed by atoms with van der Waals surface area (Å²) in [6, 6.07) is 2.63. The Morgan fingerprint density at radius 2 is 1.76 bits per heavy atom. The molecule has 0 fully saturated rings. The standard InChI is InChI=1S/C13H18N2O5S/c1-7-5-9(6-10(8(7)2)21(14,19)20)11(16)15-13(3,4)12(17)18/h5-6H,1-4H3,(H,15,16)(H,17,18)(H2,14,19,20). The summed E-state index contributed by atoms with van der Waals surface area (Å²) in [6.07, 6.45) is 0. The first-order valence-corrected chi connectivity index (χ1v) is 7.61. The van der Waals surface area contributed by atoms with Gasteiger partial charge in [-0.3, -0.25) is 4.79 Å². The number of nitrogens with one attached hydrogen (secondary N) is 1. The van der Waals surface area contributed by atoms with E-state index in [-0.39, 0.29) is 10.5 Å². The zero-order valence-electron chi connectivity index (χ0n) is 12.2. The lowest BCUT2D eigenvalue weighted by atomic mass is 10.0. The second kappa shape index (κ2) is 5.45. The molecule has 0 saturated carbocycles. The maximum absolute atomic E-state index is 12.1. The number of hydrogen-bond acceptors (Lipinski definition) is 4. The van der Waals surface area contributed by atoms with Gasteiger partial charge in [-0.1, -0.05) is 0 Å². The van der Waals surface area contributed by atoms with Gasteiger partial charge in [0.25, 0.3) is 5.91 Å². The van der Waals surface area contributed by atoms with Crippen LogP contribution in [0.15, 0.2) is 17.0 Å². The van der Waals surface area contributed by atoms with E-state index in [4.69, 9.17) is 10.2 Å². The van der Waals surface area contributed by atoms with E-state index >= 15 is 0 Å². The Bertz CT molecular complexity index is 708. The molecule has 7 nitrogen and oxygen atoms in total. The SMILES string of the molecule is Cc1cc(C(=O)NC(C)(C)C(=O)O)cc(S(N)(=O)=O)c1C. The van der Waals surface area contributed by atoms with Crippen LogP contribution in [0, 0.1) is 13.8 Å². The molecule has 0 aromatic heterocycles. The maximum Gasteiger partial charge on any atom is 0.328 e. The van der Waals surface area contributed by atoms with Crippen LogP contribution in [0.2, 0.25) is 0 Å². The first kappa shape index (κ1) is 17.1. The van der Waals surface area contributed by atoms with E-state index in [9.17, 15) is 18.0 Å².